The molecule has 2 heterocycles. The molecule has 2 aromatic heterocycles. The number of anilines is 1. The molecule has 0 unspecified atom stereocenters. The molecule has 0 fully saturated rings. The summed E-state index contributed by atoms with van der Waals surface area (Å²) in [5, 5.41) is 4.95. The number of nitrogens with one attached hydrogen (secondary N) is 1. The number of benzene rings is 2. The average Bonchev–Trinajstić information content (AvgIpc) is 3.42. The van der Waals surface area contributed by atoms with E-state index in [9.17, 15) is 18.0 Å². The molecule has 4 rings (SSSR count). The van der Waals surface area contributed by atoms with Crippen LogP contribution in [0.15, 0.2) is 57.1 Å². The van der Waals surface area contributed by atoms with Crippen molar-refractivity contribution >= 4 is 71.3 Å². The Bertz CT molecular complexity index is 1460. The molecular formula is C23H21N3O4S4. The van der Waals surface area contributed by atoms with Crippen LogP contribution >= 0.6 is 34.4 Å². The van der Waals surface area contributed by atoms with Crippen LogP contribution < -0.4 is 5.32 Å². The Kier molecular flexibility index (Phi) is 7.46. The third-order valence-electron chi connectivity index (χ3n) is 4.92. The van der Waals surface area contributed by atoms with E-state index in [1.165, 1.54) is 46.1 Å². The Morgan fingerprint density at radius 2 is 1.85 bits per heavy atom. The maximum Gasteiger partial charge on any atom is 0.232 e. The molecule has 0 aliphatic rings. The number of aryl methyl sites for hydroxylation is 1. The number of ketones is 1. The van der Waals surface area contributed by atoms with Gasteiger partial charge in [0.05, 0.1) is 33.0 Å². The van der Waals surface area contributed by atoms with Crippen LogP contribution in [0.3, 0.4) is 0 Å². The lowest BCUT2D eigenvalue weighted by Crippen LogP contribution is -2.14. The van der Waals surface area contributed by atoms with Crippen LogP contribution in [-0.4, -0.2) is 42.1 Å². The molecule has 4 aromatic rings. The largest absolute Gasteiger partial charge is 0.302 e. The van der Waals surface area contributed by atoms with Gasteiger partial charge in [0.25, 0.3) is 0 Å². The molecule has 0 radical (unpaired) electrons. The second-order valence-electron chi connectivity index (χ2n) is 7.51. The zero-order valence-corrected chi connectivity index (χ0v) is 21.7. The number of Topliss-reactive ketones (excluding diaryl/α,β-unsaturated/α-hetero) is 1. The predicted octanol–water partition coefficient (Wildman–Crippen LogP) is 4.87. The lowest BCUT2D eigenvalue weighted by atomic mass is 10.1. The summed E-state index contributed by atoms with van der Waals surface area (Å²) in [7, 11) is -3.31. The molecule has 0 bridgehead atoms. The first-order valence-electron chi connectivity index (χ1n) is 10.3. The molecule has 0 aliphatic heterocycles. The van der Waals surface area contributed by atoms with Crippen LogP contribution in [-0.2, 0) is 27.5 Å². The zero-order chi connectivity index (χ0) is 24.3. The smallest absolute Gasteiger partial charge is 0.232 e. The lowest BCUT2D eigenvalue weighted by Gasteiger charge is -2.01. The maximum atomic E-state index is 12.5. The number of hydrogen-bond donors (Lipinski definition) is 1. The number of hydrogen-bond acceptors (Lipinski definition) is 9. The highest BCUT2D eigenvalue weighted by Gasteiger charge is 2.14. The van der Waals surface area contributed by atoms with Crippen molar-refractivity contribution in [2.24, 2.45) is 0 Å². The van der Waals surface area contributed by atoms with Crippen LogP contribution in [0.1, 0.15) is 28.5 Å². The number of carbonyl (C=O) groups is 2. The SMILES string of the molecule is CCc1ccc(C(=O)CSc2nc(CC(=O)Nc3nc4ccc(S(C)(=O)=O)cc4s3)cs2)cc1. The number of thioether (sulfide) groups is 1. The van der Waals surface area contributed by atoms with Gasteiger partial charge >= 0.3 is 0 Å². The van der Waals surface area contributed by atoms with Crippen molar-refractivity contribution in [1.82, 2.24) is 9.97 Å². The van der Waals surface area contributed by atoms with E-state index in [2.05, 4.69) is 22.2 Å². The standard InChI is InChI=1S/C23H21N3O4S4/c1-3-14-4-6-15(7-5-14)19(27)13-32-23-24-16(12-31-23)10-21(28)26-22-25-18-9-8-17(34(2,29)30)11-20(18)33-22/h4-9,11-12H,3,10,13H2,1-2H3,(H,25,26,28). The normalized spacial score (nSPS) is 11.6. The van der Waals surface area contributed by atoms with Crippen LogP contribution in [0, 0.1) is 0 Å². The Morgan fingerprint density at radius 3 is 2.56 bits per heavy atom. The average molecular weight is 532 g/mol. The minimum atomic E-state index is -3.31. The van der Waals surface area contributed by atoms with Crippen LogP contribution in [0.2, 0.25) is 0 Å². The summed E-state index contributed by atoms with van der Waals surface area (Å²) in [5.41, 5.74) is 3.11. The van der Waals surface area contributed by atoms with Crippen LogP contribution in [0.4, 0.5) is 5.13 Å². The molecule has 0 aliphatic carbocycles. The molecular weight excluding hydrogens is 511 g/mol. The summed E-state index contributed by atoms with van der Waals surface area (Å²) in [6.07, 6.45) is 2.16. The molecule has 0 atom stereocenters. The zero-order valence-electron chi connectivity index (χ0n) is 18.4. The van der Waals surface area contributed by atoms with Crippen molar-refractivity contribution in [1.29, 1.82) is 0 Å². The van der Waals surface area contributed by atoms with Crippen LogP contribution in [0.25, 0.3) is 10.2 Å². The Labute approximate surface area is 209 Å². The van der Waals surface area contributed by atoms with Crippen molar-refractivity contribution in [3.05, 3.63) is 64.7 Å². The summed E-state index contributed by atoms with van der Waals surface area (Å²) >= 11 is 3.97. The fraction of sp³-hybridized carbons (Fsp3) is 0.217. The summed E-state index contributed by atoms with van der Waals surface area (Å²) in [6, 6.07) is 12.3. The third kappa shape index (κ3) is 6.09. The van der Waals surface area contributed by atoms with Gasteiger partial charge in [-0.05, 0) is 30.2 Å². The van der Waals surface area contributed by atoms with Gasteiger partial charge in [-0.15, -0.1) is 11.3 Å². The highest BCUT2D eigenvalue weighted by molar-refractivity contribution is 8.01. The van der Waals surface area contributed by atoms with Gasteiger partial charge in [0.2, 0.25) is 5.91 Å². The molecule has 2 aromatic carbocycles. The second-order valence-corrected chi connectivity index (χ2v) is 12.6. The van der Waals surface area contributed by atoms with Gasteiger partial charge in [0.15, 0.2) is 25.1 Å². The van der Waals surface area contributed by atoms with E-state index in [-0.39, 0.29) is 28.8 Å². The highest BCUT2D eigenvalue weighted by Crippen LogP contribution is 2.29. The first kappa shape index (κ1) is 24.5. The quantitative estimate of drug-likeness (QED) is 0.242. The number of amides is 1. The van der Waals surface area contributed by atoms with Gasteiger partial charge in [-0.1, -0.05) is 54.3 Å². The first-order valence-corrected chi connectivity index (χ1v) is 14.9. The van der Waals surface area contributed by atoms with E-state index >= 15 is 0 Å². The maximum absolute atomic E-state index is 12.5. The number of aromatic nitrogens is 2. The van der Waals surface area contributed by atoms with E-state index in [1.807, 2.05) is 24.3 Å². The van der Waals surface area contributed by atoms with Gasteiger partial charge in [0, 0.05) is 17.2 Å². The van der Waals surface area contributed by atoms with Crippen LogP contribution in [0.5, 0.6) is 0 Å². The third-order valence-corrected chi connectivity index (χ3v) is 9.03. The molecule has 1 amide bonds. The molecule has 34 heavy (non-hydrogen) atoms. The van der Waals surface area contributed by atoms with Crippen molar-refractivity contribution in [2.45, 2.75) is 29.0 Å². The van der Waals surface area contributed by atoms with Gasteiger partial charge < -0.3 is 5.32 Å². The number of carbonyl (C=O) groups excluding carboxylic acids is 2. The highest BCUT2D eigenvalue weighted by atomic mass is 32.2. The Balaban J connectivity index is 1.32. The summed E-state index contributed by atoms with van der Waals surface area (Å²) in [4.78, 5) is 33.9. The van der Waals surface area contributed by atoms with E-state index in [4.69, 9.17) is 0 Å². The molecule has 1 N–H and O–H groups in total. The van der Waals surface area contributed by atoms with E-state index in [0.717, 1.165) is 17.0 Å². The lowest BCUT2D eigenvalue weighted by molar-refractivity contribution is -0.115. The fourth-order valence-corrected chi connectivity index (χ4v) is 6.47. The van der Waals surface area contributed by atoms with E-state index in [1.54, 1.807) is 17.5 Å². The summed E-state index contributed by atoms with van der Waals surface area (Å²) < 4.78 is 24.9. The minimum Gasteiger partial charge on any atom is -0.302 e. The van der Waals surface area contributed by atoms with E-state index in [0.29, 0.717) is 26.6 Å². The molecule has 176 valence electrons. The molecule has 0 saturated carbocycles. The molecule has 11 heteroatoms. The predicted molar refractivity (Wildman–Crippen MR) is 138 cm³/mol. The van der Waals surface area contributed by atoms with Gasteiger partial charge in [-0.2, -0.15) is 0 Å². The van der Waals surface area contributed by atoms with Crippen molar-refractivity contribution < 1.29 is 18.0 Å². The first-order chi connectivity index (χ1) is 16.2. The Morgan fingerprint density at radius 1 is 1.09 bits per heavy atom. The molecule has 7 nitrogen and oxygen atoms in total. The van der Waals surface area contributed by atoms with E-state index < -0.39 is 9.84 Å². The van der Waals surface area contributed by atoms with Crippen molar-refractivity contribution in [3.8, 4) is 0 Å². The number of nitrogens with zero attached hydrogens (tertiary/aromatic N) is 2. The number of rotatable bonds is 9. The van der Waals surface area contributed by atoms with Gasteiger partial charge in [-0.25, -0.2) is 18.4 Å². The summed E-state index contributed by atoms with van der Waals surface area (Å²) in [5.74, 6) is 0.0551. The van der Waals surface area contributed by atoms with Gasteiger partial charge in [-0.3, -0.25) is 9.59 Å². The number of sulfone groups is 1. The van der Waals surface area contributed by atoms with Crippen molar-refractivity contribution in [2.75, 3.05) is 17.3 Å². The monoisotopic (exact) mass is 531 g/mol. The molecule has 0 spiro atoms. The second kappa shape index (κ2) is 10.3. The summed E-state index contributed by atoms with van der Waals surface area (Å²) in [6.45, 7) is 2.07. The fourth-order valence-electron chi connectivity index (χ4n) is 3.09. The number of thiazole rings is 2. The molecule has 0 saturated heterocycles. The van der Waals surface area contributed by atoms with Gasteiger partial charge in [0.1, 0.15) is 0 Å². The topological polar surface area (TPSA) is 106 Å². The number of fused-ring (bicyclic) bond motifs is 1. The minimum absolute atomic E-state index is 0.0389. The van der Waals surface area contributed by atoms with Crippen molar-refractivity contribution in [3.63, 3.8) is 0 Å². The Hall–Kier alpha value is -2.60.